The molecule has 128 valence electrons. The van der Waals surface area contributed by atoms with Gasteiger partial charge in [-0.25, -0.2) is 4.98 Å². The molecule has 0 saturated heterocycles. The molecule has 0 spiro atoms. The summed E-state index contributed by atoms with van der Waals surface area (Å²) in [6.45, 7) is 0.765. The molecule has 0 saturated carbocycles. The fraction of sp³-hybridized carbons (Fsp3) is 0.278. The second-order valence-corrected chi connectivity index (χ2v) is 6.28. The third kappa shape index (κ3) is 2.39. The maximum atomic E-state index is 13.2. The van der Waals surface area contributed by atoms with Gasteiger partial charge in [-0.2, -0.15) is 0 Å². The first-order chi connectivity index (χ1) is 12.1. The Bertz CT molecular complexity index is 971. The molecule has 7 heteroatoms. The fourth-order valence-electron chi connectivity index (χ4n) is 3.50. The molecule has 1 unspecified atom stereocenters. The first-order valence-electron chi connectivity index (χ1n) is 8.15. The van der Waals surface area contributed by atoms with Crippen LogP contribution in [0.3, 0.4) is 0 Å². The molecule has 0 aliphatic carbocycles. The highest BCUT2D eigenvalue weighted by atomic mass is 16.2. The lowest BCUT2D eigenvalue weighted by molar-refractivity contribution is -0.124. The predicted octanol–water partition coefficient (Wildman–Crippen LogP) is 1.32. The van der Waals surface area contributed by atoms with Crippen LogP contribution in [-0.2, 0) is 18.4 Å². The van der Waals surface area contributed by atoms with Gasteiger partial charge < -0.3 is 19.4 Å². The second kappa shape index (κ2) is 5.77. The van der Waals surface area contributed by atoms with Gasteiger partial charge in [-0.15, -0.1) is 0 Å². The minimum absolute atomic E-state index is 0.0712. The molecule has 25 heavy (non-hydrogen) atoms. The maximum absolute atomic E-state index is 13.2. The van der Waals surface area contributed by atoms with Crippen LogP contribution in [0.2, 0.25) is 0 Å². The first kappa shape index (κ1) is 15.4. The lowest BCUT2D eigenvalue weighted by Gasteiger charge is -2.33. The summed E-state index contributed by atoms with van der Waals surface area (Å²) in [7, 11) is 3.53. The SMILES string of the molecule is CNC(=O)C1CN(C(=O)c2cn(C)c3ccccc23)Cc2cncn21. The Morgan fingerprint density at radius 3 is 2.88 bits per heavy atom. The number of likely N-dealkylation sites (N-methyl/N-ethyl adjacent to an activating group) is 1. The van der Waals surface area contributed by atoms with Crippen LogP contribution in [0.25, 0.3) is 10.9 Å². The molecule has 2 amide bonds. The number of carbonyl (C=O) groups excluding carboxylic acids is 2. The van der Waals surface area contributed by atoms with Gasteiger partial charge in [0.05, 0.1) is 30.7 Å². The number of hydrogen-bond acceptors (Lipinski definition) is 3. The Kier molecular flexibility index (Phi) is 3.56. The number of nitrogens with one attached hydrogen (secondary N) is 1. The number of imidazole rings is 1. The summed E-state index contributed by atoms with van der Waals surface area (Å²) in [5.41, 5.74) is 2.52. The summed E-state index contributed by atoms with van der Waals surface area (Å²) in [5.74, 6) is -0.201. The van der Waals surface area contributed by atoms with E-state index < -0.39 is 6.04 Å². The lowest BCUT2D eigenvalue weighted by Crippen LogP contribution is -2.45. The van der Waals surface area contributed by atoms with Gasteiger partial charge in [-0.3, -0.25) is 9.59 Å². The zero-order valence-corrected chi connectivity index (χ0v) is 14.1. The average molecular weight is 337 g/mol. The van der Waals surface area contributed by atoms with Gasteiger partial charge in [0.25, 0.3) is 5.91 Å². The largest absolute Gasteiger partial charge is 0.357 e. The number of hydrogen-bond donors (Lipinski definition) is 1. The van der Waals surface area contributed by atoms with Gasteiger partial charge in [0.2, 0.25) is 5.91 Å². The molecule has 0 fully saturated rings. The number of carbonyl (C=O) groups is 2. The van der Waals surface area contributed by atoms with Crippen molar-refractivity contribution in [2.45, 2.75) is 12.6 Å². The van der Waals surface area contributed by atoms with E-state index >= 15 is 0 Å². The van der Waals surface area contributed by atoms with E-state index in [1.807, 2.05) is 46.6 Å². The molecule has 0 bridgehead atoms. The van der Waals surface area contributed by atoms with Crippen molar-refractivity contribution in [3.63, 3.8) is 0 Å². The van der Waals surface area contributed by atoms with E-state index in [-0.39, 0.29) is 11.8 Å². The van der Waals surface area contributed by atoms with Gasteiger partial charge in [0.15, 0.2) is 0 Å². The number of amides is 2. The van der Waals surface area contributed by atoms with Crippen molar-refractivity contribution >= 4 is 22.7 Å². The first-order valence-corrected chi connectivity index (χ1v) is 8.15. The standard InChI is InChI=1S/C18H19N5O2/c1-19-17(24)16-10-22(8-12-7-20-11-23(12)16)18(25)14-9-21(2)15-6-4-3-5-13(14)15/h3-7,9,11,16H,8,10H2,1-2H3,(H,19,24). The smallest absolute Gasteiger partial charge is 0.256 e. The van der Waals surface area contributed by atoms with Crippen molar-refractivity contribution in [1.82, 2.24) is 24.3 Å². The summed E-state index contributed by atoms with van der Waals surface area (Å²) in [6, 6.07) is 7.36. The molecule has 7 nitrogen and oxygen atoms in total. The molecule has 1 atom stereocenters. The van der Waals surface area contributed by atoms with Crippen LogP contribution in [0.1, 0.15) is 22.1 Å². The summed E-state index contributed by atoms with van der Waals surface area (Å²) in [4.78, 5) is 31.3. The fourth-order valence-corrected chi connectivity index (χ4v) is 3.50. The minimum Gasteiger partial charge on any atom is -0.357 e. The highest BCUT2D eigenvalue weighted by molar-refractivity contribution is 6.07. The third-order valence-electron chi connectivity index (χ3n) is 4.79. The number of aromatic nitrogens is 3. The molecule has 1 aliphatic rings. The van der Waals surface area contributed by atoms with Gasteiger partial charge in [-0.1, -0.05) is 18.2 Å². The molecular weight excluding hydrogens is 318 g/mol. The van der Waals surface area contributed by atoms with Crippen LogP contribution in [0.5, 0.6) is 0 Å². The van der Waals surface area contributed by atoms with Crippen molar-refractivity contribution in [3.8, 4) is 0 Å². The summed E-state index contributed by atoms with van der Waals surface area (Å²) >= 11 is 0. The Morgan fingerprint density at radius 1 is 1.28 bits per heavy atom. The molecule has 3 aromatic rings. The Hall–Kier alpha value is -3.09. The quantitative estimate of drug-likeness (QED) is 0.766. The number of benzene rings is 1. The van der Waals surface area contributed by atoms with Crippen molar-refractivity contribution in [3.05, 3.63) is 54.2 Å². The van der Waals surface area contributed by atoms with E-state index in [2.05, 4.69) is 10.3 Å². The van der Waals surface area contributed by atoms with E-state index in [9.17, 15) is 9.59 Å². The van der Waals surface area contributed by atoms with Crippen LogP contribution in [0, 0.1) is 0 Å². The molecular formula is C18H19N5O2. The van der Waals surface area contributed by atoms with Crippen LogP contribution >= 0.6 is 0 Å². The Morgan fingerprint density at radius 2 is 2.08 bits per heavy atom. The van der Waals surface area contributed by atoms with E-state index in [0.29, 0.717) is 18.7 Å². The molecule has 1 aliphatic heterocycles. The number of fused-ring (bicyclic) bond motifs is 2. The second-order valence-electron chi connectivity index (χ2n) is 6.28. The summed E-state index contributed by atoms with van der Waals surface area (Å²) < 4.78 is 3.79. The predicted molar refractivity (Wildman–Crippen MR) is 93.0 cm³/mol. The van der Waals surface area contributed by atoms with Crippen LogP contribution in [0.15, 0.2) is 43.0 Å². The van der Waals surface area contributed by atoms with Crippen LogP contribution in [0.4, 0.5) is 0 Å². The van der Waals surface area contributed by atoms with Gasteiger partial charge >= 0.3 is 0 Å². The molecule has 1 N–H and O–H groups in total. The van der Waals surface area contributed by atoms with Crippen molar-refractivity contribution in [2.75, 3.05) is 13.6 Å². The number of para-hydroxylation sites is 1. The van der Waals surface area contributed by atoms with E-state index in [1.165, 1.54) is 0 Å². The number of rotatable bonds is 2. The van der Waals surface area contributed by atoms with Crippen molar-refractivity contribution in [2.24, 2.45) is 7.05 Å². The summed E-state index contributed by atoms with van der Waals surface area (Å²) in [6.07, 6.45) is 5.21. The van der Waals surface area contributed by atoms with Crippen molar-refractivity contribution in [1.29, 1.82) is 0 Å². The zero-order valence-electron chi connectivity index (χ0n) is 14.1. The van der Waals surface area contributed by atoms with E-state index in [4.69, 9.17) is 0 Å². The Labute approximate surface area is 144 Å². The van der Waals surface area contributed by atoms with E-state index in [1.54, 1.807) is 24.5 Å². The zero-order chi connectivity index (χ0) is 17.6. The van der Waals surface area contributed by atoms with Gasteiger partial charge in [-0.05, 0) is 6.07 Å². The number of nitrogens with zero attached hydrogens (tertiary/aromatic N) is 4. The van der Waals surface area contributed by atoms with Crippen LogP contribution in [-0.4, -0.2) is 44.4 Å². The monoisotopic (exact) mass is 337 g/mol. The number of aryl methyl sites for hydroxylation is 1. The molecule has 4 rings (SSSR count). The maximum Gasteiger partial charge on any atom is 0.256 e. The van der Waals surface area contributed by atoms with Gasteiger partial charge in [0, 0.05) is 37.4 Å². The minimum atomic E-state index is -0.463. The molecule has 2 aromatic heterocycles. The topological polar surface area (TPSA) is 72.2 Å². The normalized spacial score (nSPS) is 16.7. The Balaban J connectivity index is 1.72. The summed E-state index contributed by atoms with van der Waals surface area (Å²) in [5, 5.41) is 3.59. The van der Waals surface area contributed by atoms with E-state index in [0.717, 1.165) is 16.6 Å². The lowest BCUT2D eigenvalue weighted by atomic mass is 10.1. The molecule has 0 radical (unpaired) electrons. The van der Waals surface area contributed by atoms with Crippen LogP contribution < -0.4 is 5.32 Å². The highest BCUT2D eigenvalue weighted by Gasteiger charge is 2.33. The van der Waals surface area contributed by atoms with Crippen molar-refractivity contribution < 1.29 is 9.59 Å². The molecule has 3 heterocycles. The molecule has 1 aromatic carbocycles. The third-order valence-corrected chi connectivity index (χ3v) is 4.79. The van der Waals surface area contributed by atoms with Gasteiger partial charge in [0.1, 0.15) is 6.04 Å². The average Bonchev–Trinajstić information content (AvgIpc) is 3.24. The highest BCUT2D eigenvalue weighted by Crippen LogP contribution is 2.26.